The first kappa shape index (κ1) is 36.4. The van der Waals surface area contributed by atoms with Gasteiger partial charge in [0, 0.05) is 25.7 Å². The van der Waals surface area contributed by atoms with Gasteiger partial charge in [0.1, 0.15) is 5.82 Å². The van der Waals surface area contributed by atoms with Crippen LogP contribution in [-0.4, -0.2) is 59.7 Å². The van der Waals surface area contributed by atoms with E-state index in [2.05, 4.69) is 10.2 Å². The summed E-state index contributed by atoms with van der Waals surface area (Å²) in [6.45, 7) is 0. The fourth-order valence-electron chi connectivity index (χ4n) is 8.51. The lowest BCUT2D eigenvalue weighted by Crippen LogP contribution is -2.60. The first-order chi connectivity index (χ1) is 26.3. The largest absolute Gasteiger partial charge is 0.504 e. The number of imide groups is 2. The van der Waals surface area contributed by atoms with Crippen LogP contribution in [-0.2, 0) is 19.2 Å². The minimum absolute atomic E-state index is 0.0699. The van der Waals surface area contributed by atoms with E-state index < -0.39 is 62.9 Å². The Morgan fingerprint density at radius 2 is 1.40 bits per heavy atom. The van der Waals surface area contributed by atoms with Crippen LogP contribution in [0.2, 0.25) is 0 Å². The summed E-state index contributed by atoms with van der Waals surface area (Å²) in [6.07, 6.45) is 1.72. The Hall–Kier alpha value is -5.59. The number of azo groups is 1. The average molecular weight is 783 g/mol. The monoisotopic (exact) mass is 781 g/mol. The van der Waals surface area contributed by atoms with Crippen molar-refractivity contribution < 1.29 is 33.4 Å². The minimum atomic E-state index is -2.14. The fraction of sp³-hybridized carbons (Fsp3) is 0.268. The molecule has 8 rings (SSSR count). The molecular formula is C41H34Cl2FN5O6. The molecule has 2 aliphatic carbocycles. The van der Waals surface area contributed by atoms with Crippen molar-refractivity contribution in [2.24, 2.45) is 28.0 Å². The minimum Gasteiger partial charge on any atom is -0.504 e. The number of ether oxygens (including phenoxy) is 1. The van der Waals surface area contributed by atoms with Crippen molar-refractivity contribution in [3.05, 3.63) is 114 Å². The summed E-state index contributed by atoms with van der Waals surface area (Å²) in [5, 5.41) is 19.5. The van der Waals surface area contributed by atoms with E-state index in [0.29, 0.717) is 28.2 Å². The third-order valence-corrected chi connectivity index (χ3v) is 12.6. The highest BCUT2D eigenvalue weighted by molar-refractivity contribution is 6.58. The smallest absolute Gasteiger partial charge is 0.258 e. The number of rotatable bonds is 7. The van der Waals surface area contributed by atoms with Gasteiger partial charge in [-0.2, -0.15) is 10.2 Å². The first-order valence-corrected chi connectivity index (χ1v) is 18.3. The number of phenolic OH excluding ortho intramolecular Hbond substituents is 1. The number of benzene rings is 4. The molecule has 0 radical (unpaired) electrons. The van der Waals surface area contributed by atoms with Gasteiger partial charge in [-0.3, -0.25) is 24.1 Å². The van der Waals surface area contributed by atoms with E-state index in [0.717, 1.165) is 27.6 Å². The fourth-order valence-corrected chi connectivity index (χ4v) is 9.45. The van der Waals surface area contributed by atoms with E-state index in [4.69, 9.17) is 27.9 Å². The van der Waals surface area contributed by atoms with Crippen LogP contribution in [0.4, 0.5) is 32.8 Å². The number of carbonyl (C=O) groups is 4. The Labute approximate surface area is 325 Å². The molecule has 2 saturated heterocycles. The Bertz CT molecular complexity index is 2320. The van der Waals surface area contributed by atoms with Gasteiger partial charge in [0.05, 0.1) is 41.7 Å². The second kappa shape index (κ2) is 13.3. The number of halogens is 3. The van der Waals surface area contributed by atoms with Gasteiger partial charge in [0.2, 0.25) is 11.8 Å². The van der Waals surface area contributed by atoms with Crippen LogP contribution in [0.3, 0.4) is 0 Å². The molecule has 4 aromatic carbocycles. The van der Waals surface area contributed by atoms with Crippen LogP contribution >= 0.6 is 23.2 Å². The number of alkyl halides is 2. The average Bonchev–Trinajstić information content (AvgIpc) is 3.52. The van der Waals surface area contributed by atoms with Crippen LogP contribution in [0.1, 0.15) is 24.3 Å². The topological polar surface area (TPSA) is 132 Å². The number of nitrogens with zero attached hydrogens (tertiary/aromatic N) is 5. The Kier molecular flexibility index (Phi) is 8.81. The van der Waals surface area contributed by atoms with Crippen molar-refractivity contribution >= 4 is 75.3 Å². The Morgan fingerprint density at radius 1 is 0.800 bits per heavy atom. The molecule has 1 saturated carbocycles. The van der Waals surface area contributed by atoms with Crippen molar-refractivity contribution in [2.45, 2.75) is 28.5 Å². The second-order valence-electron chi connectivity index (χ2n) is 14.3. The normalized spacial score (nSPS) is 27.3. The van der Waals surface area contributed by atoms with Gasteiger partial charge in [-0.05, 0) is 109 Å². The molecule has 4 aliphatic rings. The summed E-state index contributed by atoms with van der Waals surface area (Å²) in [5.74, 6) is -6.85. The standard InChI is InChI=1S/C41H34Cl2FN5O6/c1-47(2)26-13-7-24(8-14-26)45-46-25-9-15-27(16-10-25)48-36(51)30-18-17-29-31(34(30)37(48)52)21-40(42)38(53)49(28-11-5-23(44)6-12-28)39(54)41(40,43)35(29)22-4-19-33(55-3)32(50)20-22/h4-17,19-20,30-31,34-35,50H,18,21H2,1-3H3/t30-,31+,34-,35-,40+,41-/m0/s1. The molecule has 280 valence electrons. The number of fused-ring (bicyclic) bond motifs is 4. The summed E-state index contributed by atoms with van der Waals surface area (Å²) in [7, 11) is 5.28. The molecule has 0 bridgehead atoms. The third kappa shape index (κ3) is 5.52. The van der Waals surface area contributed by atoms with Gasteiger partial charge in [-0.15, -0.1) is 23.2 Å². The van der Waals surface area contributed by atoms with Gasteiger partial charge >= 0.3 is 0 Å². The summed E-state index contributed by atoms with van der Waals surface area (Å²) in [6, 6.07) is 23.4. The van der Waals surface area contributed by atoms with E-state index in [-0.39, 0.29) is 30.0 Å². The van der Waals surface area contributed by atoms with E-state index in [9.17, 15) is 28.7 Å². The highest BCUT2D eigenvalue weighted by Crippen LogP contribution is 2.66. The maximum Gasteiger partial charge on any atom is 0.258 e. The maximum absolute atomic E-state index is 14.5. The first-order valence-electron chi connectivity index (χ1n) is 17.5. The molecule has 4 amide bonds. The second-order valence-corrected chi connectivity index (χ2v) is 15.6. The van der Waals surface area contributed by atoms with E-state index in [1.165, 1.54) is 31.4 Å². The molecule has 6 atom stereocenters. The molecular weight excluding hydrogens is 748 g/mol. The van der Waals surface area contributed by atoms with E-state index in [1.54, 1.807) is 36.4 Å². The van der Waals surface area contributed by atoms with Crippen LogP contribution in [0.5, 0.6) is 11.5 Å². The number of aromatic hydroxyl groups is 1. The van der Waals surface area contributed by atoms with Crippen LogP contribution in [0.25, 0.3) is 0 Å². The summed E-state index contributed by atoms with van der Waals surface area (Å²) in [4.78, 5) is 57.3. The molecule has 0 unspecified atom stereocenters. The number of amides is 4. The zero-order valence-electron chi connectivity index (χ0n) is 29.8. The van der Waals surface area contributed by atoms with Crippen molar-refractivity contribution in [1.29, 1.82) is 0 Å². The molecule has 11 nitrogen and oxygen atoms in total. The number of methoxy groups -OCH3 is 1. The lowest BCUT2D eigenvalue weighted by atomic mass is 9.56. The molecule has 3 fully saturated rings. The number of carbonyl (C=O) groups excluding carboxylic acids is 4. The van der Waals surface area contributed by atoms with Gasteiger partial charge in [-0.25, -0.2) is 9.29 Å². The highest BCUT2D eigenvalue weighted by Gasteiger charge is 2.76. The number of hydrogen-bond donors (Lipinski definition) is 1. The number of allylic oxidation sites excluding steroid dienone is 2. The van der Waals surface area contributed by atoms with Gasteiger partial charge in [0.25, 0.3) is 11.8 Å². The number of phenols is 1. The molecule has 4 aromatic rings. The predicted octanol–water partition coefficient (Wildman–Crippen LogP) is 7.79. The quantitative estimate of drug-likeness (QED) is 0.0877. The molecule has 2 aliphatic heterocycles. The Balaban J connectivity index is 1.15. The SMILES string of the molecule is COc1ccc([C@H]2C3=CC[C@@H]4C(=O)N(c5ccc(N=Nc6ccc(N(C)C)cc6)cc5)C(=O)[C@@H]4[C@@H]3C[C@@]3(Cl)C(=O)N(c4ccc(F)cc4)C(=O)[C@@]23Cl)cc1O. The highest BCUT2D eigenvalue weighted by atomic mass is 35.5. The number of hydrogen-bond acceptors (Lipinski definition) is 9. The maximum atomic E-state index is 14.5. The van der Waals surface area contributed by atoms with Gasteiger partial charge in [-0.1, -0.05) is 17.7 Å². The van der Waals surface area contributed by atoms with E-state index >= 15 is 0 Å². The molecule has 1 N–H and O–H groups in total. The van der Waals surface area contributed by atoms with E-state index in [1.807, 2.05) is 43.3 Å². The summed E-state index contributed by atoms with van der Waals surface area (Å²) < 4.78 is 19.2. The van der Waals surface area contributed by atoms with Crippen molar-refractivity contribution in [2.75, 3.05) is 35.9 Å². The lowest BCUT2D eigenvalue weighted by Gasteiger charge is -2.50. The van der Waals surface area contributed by atoms with Crippen molar-refractivity contribution in [3.63, 3.8) is 0 Å². The van der Waals surface area contributed by atoms with Crippen LogP contribution < -0.4 is 19.4 Å². The molecule has 55 heavy (non-hydrogen) atoms. The van der Waals surface area contributed by atoms with Crippen LogP contribution in [0, 0.1) is 23.6 Å². The summed E-state index contributed by atoms with van der Waals surface area (Å²) in [5.41, 5.74) is 3.50. The lowest BCUT2D eigenvalue weighted by molar-refractivity contribution is -0.125. The molecule has 14 heteroatoms. The van der Waals surface area contributed by atoms with Crippen molar-refractivity contribution in [1.82, 2.24) is 0 Å². The zero-order chi connectivity index (χ0) is 39.0. The summed E-state index contributed by atoms with van der Waals surface area (Å²) >= 11 is 14.8. The predicted molar refractivity (Wildman–Crippen MR) is 205 cm³/mol. The molecule has 0 aromatic heterocycles. The van der Waals surface area contributed by atoms with Crippen LogP contribution in [0.15, 0.2) is 113 Å². The number of anilines is 3. The molecule has 0 spiro atoms. The zero-order valence-corrected chi connectivity index (χ0v) is 31.3. The molecule has 2 heterocycles. The third-order valence-electron chi connectivity index (χ3n) is 11.2. The van der Waals surface area contributed by atoms with Gasteiger partial charge in [0.15, 0.2) is 21.2 Å². The van der Waals surface area contributed by atoms with Gasteiger partial charge < -0.3 is 14.7 Å². The van der Waals surface area contributed by atoms with Crippen molar-refractivity contribution in [3.8, 4) is 11.5 Å². The Morgan fingerprint density at radius 3 is 2.00 bits per heavy atom.